The third-order valence-electron chi connectivity index (χ3n) is 4.85. The molecule has 3 rings (SSSR count). The molecule has 7 heteroatoms. The van der Waals surface area contributed by atoms with E-state index in [9.17, 15) is 14.7 Å². The Morgan fingerprint density at radius 3 is 2.73 bits per heavy atom. The topological polar surface area (TPSA) is 86.3 Å². The van der Waals surface area contributed by atoms with Gasteiger partial charge in [0.15, 0.2) is 11.4 Å². The largest absolute Gasteiger partial charge is 0.375 e. The molecule has 0 unspecified atom stereocenters. The van der Waals surface area contributed by atoms with Crippen molar-refractivity contribution in [2.45, 2.75) is 45.6 Å². The third-order valence-corrected chi connectivity index (χ3v) is 5.35. The molecule has 2 heterocycles. The second-order valence-corrected chi connectivity index (χ2v) is 7.66. The Morgan fingerprint density at radius 2 is 2.12 bits per heavy atom. The number of hydrogen-bond donors (Lipinski definition) is 2. The van der Waals surface area contributed by atoms with Gasteiger partial charge in [0.2, 0.25) is 0 Å². The van der Waals surface area contributed by atoms with Crippen LogP contribution in [0.3, 0.4) is 0 Å². The summed E-state index contributed by atoms with van der Waals surface area (Å²) < 4.78 is 0.753. The number of benzene rings is 1. The molecular formula is C19H22BrN3O3. The SMILES string of the molecule is CCCCN1C(=O)[C@](O)(CC(=O)c2c(C)n[nH]c2C)c2cc(Br)ccc21. The number of carbonyl (C=O) groups is 2. The molecule has 0 radical (unpaired) electrons. The van der Waals surface area contributed by atoms with Crippen molar-refractivity contribution in [3.05, 3.63) is 45.2 Å². The summed E-state index contributed by atoms with van der Waals surface area (Å²) in [6.07, 6.45) is 1.45. The van der Waals surface area contributed by atoms with Crippen LogP contribution in [0.1, 0.15) is 53.5 Å². The van der Waals surface area contributed by atoms with Crippen LogP contribution in [0.25, 0.3) is 0 Å². The van der Waals surface area contributed by atoms with Gasteiger partial charge < -0.3 is 10.0 Å². The number of fused-ring (bicyclic) bond motifs is 1. The molecule has 26 heavy (non-hydrogen) atoms. The monoisotopic (exact) mass is 419 g/mol. The Kier molecular flexibility index (Phi) is 5.03. The molecule has 0 fully saturated rings. The van der Waals surface area contributed by atoms with E-state index in [-0.39, 0.29) is 12.2 Å². The van der Waals surface area contributed by atoms with Gasteiger partial charge in [-0.15, -0.1) is 0 Å². The van der Waals surface area contributed by atoms with Crippen molar-refractivity contribution in [2.75, 3.05) is 11.4 Å². The number of anilines is 1. The van der Waals surface area contributed by atoms with Crippen molar-refractivity contribution >= 4 is 33.3 Å². The van der Waals surface area contributed by atoms with Gasteiger partial charge in [-0.05, 0) is 38.5 Å². The molecule has 0 saturated carbocycles. The number of carbonyl (C=O) groups excluding carboxylic acids is 2. The molecule has 2 N–H and O–H groups in total. The number of unbranched alkanes of at least 4 members (excludes halogenated alkanes) is 1. The average Bonchev–Trinajstić information content (AvgIpc) is 3.02. The molecule has 1 aromatic carbocycles. The molecule has 0 spiro atoms. The molecule has 1 aromatic heterocycles. The van der Waals surface area contributed by atoms with Crippen LogP contribution in [0.5, 0.6) is 0 Å². The van der Waals surface area contributed by atoms with Gasteiger partial charge in [-0.25, -0.2) is 0 Å². The Bertz CT molecular complexity index is 857. The first-order valence-corrected chi connectivity index (χ1v) is 9.48. The van der Waals surface area contributed by atoms with Crippen molar-refractivity contribution in [1.29, 1.82) is 0 Å². The van der Waals surface area contributed by atoms with Crippen LogP contribution >= 0.6 is 15.9 Å². The summed E-state index contributed by atoms with van der Waals surface area (Å²) in [5.74, 6) is -0.737. The summed E-state index contributed by atoms with van der Waals surface area (Å²) in [6, 6.07) is 5.37. The number of nitrogens with zero attached hydrogens (tertiary/aromatic N) is 2. The van der Waals surface area contributed by atoms with E-state index < -0.39 is 11.5 Å². The number of amides is 1. The molecular weight excluding hydrogens is 398 g/mol. The molecule has 6 nitrogen and oxygen atoms in total. The smallest absolute Gasteiger partial charge is 0.264 e. The lowest BCUT2D eigenvalue weighted by atomic mass is 9.87. The standard InChI is InChI=1S/C19H22BrN3O3/c1-4-5-8-23-15-7-6-13(20)9-14(15)19(26,18(23)25)10-16(24)17-11(2)21-22-12(17)3/h6-7,9,26H,4-5,8,10H2,1-3H3,(H,21,22)/t19-/m0/s1. The highest BCUT2D eigenvalue weighted by molar-refractivity contribution is 9.10. The van der Waals surface area contributed by atoms with Gasteiger partial charge in [0, 0.05) is 22.3 Å². The van der Waals surface area contributed by atoms with E-state index in [0.29, 0.717) is 34.7 Å². The number of halogens is 1. The number of aromatic amines is 1. The van der Waals surface area contributed by atoms with Crippen LogP contribution in [-0.4, -0.2) is 33.5 Å². The van der Waals surface area contributed by atoms with Crippen molar-refractivity contribution in [3.63, 3.8) is 0 Å². The lowest BCUT2D eigenvalue weighted by Gasteiger charge is -2.22. The van der Waals surface area contributed by atoms with Gasteiger partial charge in [0.05, 0.1) is 23.4 Å². The summed E-state index contributed by atoms with van der Waals surface area (Å²) in [5, 5.41) is 18.1. The number of H-pyrrole nitrogens is 1. The maximum absolute atomic E-state index is 13.1. The lowest BCUT2D eigenvalue weighted by Crippen LogP contribution is -2.42. The number of nitrogens with one attached hydrogen (secondary N) is 1. The number of hydrogen-bond acceptors (Lipinski definition) is 4. The highest BCUT2D eigenvalue weighted by Gasteiger charge is 2.51. The first kappa shape index (κ1) is 18.8. The number of aliphatic hydroxyl groups is 1. The van der Waals surface area contributed by atoms with Gasteiger partial charge in [0.25, 0.3) is 5.91 Å². The Labute approximate surface area is 160 Å². The zero-order valence-corrected chi connectivity index (χ0v) is 16.7. The Balaban J connectivity index is 2.01. The van der Waals surface area contributed by atoms with Crippen molar-refractivity contribution in [2.24, 2.45) is 0 Å². The fourth-order valence-electron chi connectivity index (χ4n) is 3.51. The number of rotatable bonds is 6. The number of aryl methyl sites for hydroxylation is 2. The van der Waals surface area contributed by atoms with E-state index >= 15 is 0 Å². The lowest BCUT2D eigenvalue weighted by molar-refractivity contribution is -0.135. The molecule has 138 valence electrons. The van der Waals surface area contributed by atoms with Crippen LogP contribution in [0.2, 0.25) is 0 Å². The van der Waals surface area contributed by atoms with E-state index in [2.05, 4.69) is 26.1 Å². The van der Waals surface area contributed by atoms with Crippen molar-refractivity contribution < 1.29 is 14.7 Å². The maximum atomic E-state index is 13.1. The first-order chi connectivity index (χ1) is 12.3. The second-order valence-electron chi connectivity index (χ2n) is 6.74. The molecule has 1 amide bonds. The molecule has 0 aliphatic carbocycles. The van der Waals surface area contributed by atoms with Crippen LogP contribution < -0.4 is 4.90 Å². The van der Waals surface area contributed by atoms with Crippen LogP contribution in [0, 0.1) is 13.8 Å². The van der Waals surface area contributed by atoms with Crippen molar-refractivity contribution in [3.8, 4) is 0 Å². The van der Waals surface area contributed by atoms with Crippen LogP contribution in [0.4, 0.5) is 5.69 Å². The Hall–Kier alpha value is -1.99. The van der Waals surface area contributed by atoms with Crippen LogP contribution in [0.15, 0.2) is 22.7 Å². The summed E-state index contributed by atoms with van der Waals surface area (Å²) in [5.41, 5.74) is 0.926. The predicted octanol–water partition coefficient (Wildman–Crippen LogP) is 3.40. The minimum absolute atomic E-state index is 0.298. The normalized spacial score (nSPS) is 19.1. The fourth-order valence-corrected chi connectivity index (χ4v) is 3.88. The van der Waals surface area contributed by atoms with Gasteiger partial charge in [-0.1, -0.05) is 29.3 Å². The summed E-state index contributed by atoms with van der Waals surface area (Å²) >= 11 is 3.40. The zero-order chi connectivity index (χ0) is 19.1. The molecule has 0 bridgehead atoms. The van der Waals surface area contributed by atoms with Crippen LogP contribution in [-0.2, 0) is 10.4 Å². The van der Waals surface area contributed by atoms with E-state index in [1.165, 1.54) is 0 Å². The second kappa shape index (κ2) is 6.96. The summed E-state index contributed by atoms with van der Waals surface area (Å²) in [7, 11) is 0. The van der Waals surface area contributed by atoms with Gasteiger partial charge >= 0.3 is 0 Å². The van der Waals surface area contributed by atoms with E-state index in [4.69, 9.17) is 0 Å². The van der Waals surface area contributed by atoms with Gasteiger partial charge in [0.1, 0.15) is 0 Å². The molecule has 1 aliphatic heterocycles. The third kappa shape index (κ3) is 2.99. The number of aromatic nitrogens is 2. The van der Waals surface area contributed by atoms with E-state index in [0.717, 1.165) is 17.3 Å². The van der Waals surface area contributed by atoms with E-state index in [1.807, 2.05) is 19.1 Å². The molecule has 2 aromatic rings. The quantitative estimate of drug-likeness (QED) is 0.702. The maximum Gasteiger partial charge on any atom is 0.264 e. The Morgan fingerprint density at radius 1 is 1.38 bits per heavy atom. The first-order valence-electron chi connectivity index (χ1n) is 8.68. The minimum atomic E-state index is -1.86. The molecule has 1 atom stereocenters. The highest BCUT2D eigenvalue weighted by Crippen LogP contribution is 2.44. The average molecular weight is 420 g/mol. The number of ketones is 1. The molecule has 0 saturated heterocycles. The summed E-state index contributed by atoms with van der Waals surface area (Å²) in [4.78, 5) is 27.5. The molecule has 1 aliphatic rings. The van der Waals surface area contributed by atoms with Crippen molar-refractivity contribution in [1.82, 2.24) is 10.2 Å². The van der Waals surface area contributed by atoms with Gasteiger partial charge in [-0.3, -0.25) is 14.7 Å². The van der Waals surface area contributed by atoms with Gasteiger partial charge in [-0.2, -0.15) is 5.10 Å². The highest BCUT2D eigenvalue weighted by atomic mass is 79.9. The zero-order valence-electron chi connectivity index (χ0n) is 15.1. The fraction of sp³-hybridized carbons (Fsp3) is 0.421. The summed E-state index contributed by atoms with van der Waals surface area (Å²) in [6.45, 7) is 6.05. The minimum Gasteiger partial charge on any atom is -0.375 e. The van der Waals surface area contributed by atoms with E-state index in [1.54, 1.807) is 24.8 Å². The number of Topliss-reactive ketones (excluding diaryl/α,β-unsaturated/α-hetero) is 1. The predicted molar refractivity (Wildman–Crippen MR) is 102 cm³/mol.